The Morgan fingerprint density at radius 3 is 3.00 bits per heavy atom. The maximum atomic E-state index is 11.8. The zero-order valence-electron chi connectivity index (χ0n) is 10.9. The van der Waals surface area contributed by atoms with Crippen molar-refractivity contribution in [1.82, 2.24) is 20.2 Å². The van der Waals surface area contributed by atoms with E-state index < -0.39 is 0 Å². The van der Waals surface area contributed by atoms with Gasteiger partial charge in [0.1, 0.15) is 0 Å². The number of aryl methyl sites for hydroxylation is 1. The lowest BCUT2D eigenvalue weighted by molar-refractivity contribution is -0.126. The molecule has 0 aromatic carbocycles. The van der Waals surface area contributed by atoms with Gasteiger partial charge in [-0.1, -0.05) is 6.92 Å². The molecule has 1 aromatic heterocycles. The molecule has 1 saturated heterocycles. The fraction of sp³-hybridized carbons (Fsp3) is 0.692. The van der Waals surface area contributed by atoms with Crippen molar-refractivity contribution in [3.63, 3.8) is 0 Å². The van der Waals surface area contributed by atoms with Gasteiger partial charge in [0.2, 0.25) is 5.91 Å². The molecule has 0 aliphatic carbocycles. The van der Waals surface area contributed by atoms with E-state index >= 15 is 0 Å². The number of carbonyl (C=O) groups is 1. The minimum atomic E-state index is 0.139. The highest BCUT2D eigenvalue weighted by atomic mass is 16.1. The first kappa shape index (κ1) is 13.1. The number of imidazole rings is 1. The molecule has 2 rings (SSSR count). The first-order valence-electron chi connectivity index (χ1n) is 6.71. The minimum absolute atomic E-state index is 0.139. The minimum Gasteiger partial charge on any atom is -0.356 e. The number of hydrogen-bond acceptors (Lipinski definition) is 3. The average Bonchev–Trinajstić information content (AvgIpc) is 2.79. The van der Waals surface area contributed by atoms with E-state index in [0.717, 1.165) is 39.0 Å². The molecule has 1 aliphatic rings. The molecule has 1 unspecified atom stereocenters. The van der Waals surface area contributed by atoms with Gasteiger partial charge in [-0.25, -0.2) is 4.98 Å². The summed E-state index contributed by atoms with van der Waals surface area (Å²) in [6.07, 6.45) is 7.65. The van der Waals surface area contributed by atoms with Crippen LogP contribution in [0, 0.1) is 11.8 Å². The van der Waals surface area contributed by atoms with E-state index in [1.807, 2.05) is 19.4 Å². The van der Waals surface area contributed by atoms with Crippen molar-refractivity contribution >= 4 is 5.91 Å². The number of nitrogens with zero attached hydrogens (tertiary/aromatic N) is 2. The summed E-state index contributed by atoms with van der Waals surface area (Å²) in [4.78, 5) is 15.8. The van der Waals surface area contributed by atoms with Crippen LogP contribution in [0.15, 0.2) is 18.7 Å². The third-order valence-corrected chi connectivity index (χ3v) is 3.64. The lowest BCUT2D eigenvalue weighted by Gasteiger charge is -2.31. The van der Waals surface area contributed by atoms with Crippen molar-refractivity contribution in [2.45, 2.75) is 26.3 Å². The summed E-state index contributed by atoms with van der Waals surface area (Å²) in [5.74, 6) is 0.861. The number of nitrogens with one attached hydrogen (secondary N) is 2. The van der Waals surface area contributed by atoms with Gasteiger partial charge in [-0.3, -0.25) is 4.79 Å². The fourth-order valence-corrected chi connectivity index (χ4v) is 2.09. The largest absolute Gasteiger partial charge is 0.356 e. The topological polar surface area (TPSA) is 59.0 Å². The molecule has 0 spiro atoms. The van der Waals surface area contributed by atoms with Crippen LogP contribution in [0.2, 0.25) is 0 Å². The monoisotopic (exact) mass is 250 g/mol. The summed E-state index contributed by atoms with van der Waals surface area (Å²) in [6.45, 7) is 5.73. The van der Waals surface area contributed by atoms with Crippen LogP contribution in [0.1, 0.15) is 19.8 Å². The zero-order valence-corrected chi connectivity index (χ0v) is 10.9. The van der Waals surface area contributed by atoms with Crippen LogP contribution in [-0.4, -0.2) is 35.1 Å². The Morgan fingerprint density at radius 2 is 2.39 bits per heavy atom. The summed E-state index contributed by atoms with van der Waals surface area (Å²) < 4.78 is 2.06. The summed E-state index contributed by atoms with van der Waals surface area (Å²) >= 11 is 0. The Kier molecular flexibility index (Phi) is 4.75. The van der Waals surface area contributed by atoms with E-state index in [1.54, 1.807) is 6.20 Å². The molecule has 0 saturated carbocycles. The van der Waals surface area contributed by atoms with E-state index in [2.05, 4.69) is 20.2 Å². The van der Waals surface area contributed by atoms with Gasteiger partial charge in [-0.15, -0.1) is 0 Å². The van der Waals surface area contributed by atoms with Gasteiger partial charge in [-0.2, -0.15) is 0 Å². The molecule has 0 radical (unpaired) electrons. The predicted octanol–water partition coefficient (Wildman–Crippen LogP) is 0.635. The highest BCUT2D eigenvalue weighted by molar-refractivity contribution is 5.78. The Morgan fingerprint density at radius 1 is 1.56 bits per heavy atom. The smallest absolute Gasteiger partial charge is 0.223 e. The summed E-state index contributed by atoms with van der Waals surface area (Å²) in [5, 5.41) is 6.22. The molecule has 2 heterocycles. The number of rotatable bonds is 7. The van der Waals surface area contributed by atoms with Crippen molar-refractivity contribution in [2.24, 2.45) is 11.8 Å². The van der Waals surface area contributed by atoms with Crippen LogP contribution < -0.4 is 10.6 Å². The summed E-state index contributed by atoms with van der Waals surface area (Å²) in [5.41, 5.74) is 0. The van der Waals surface area contributed by atoms with Gasteiger partial charge in [0.15, 0.2) is 0 Å². The molecule has 100 valence electrons. The van der Waals surface area contributed by atoms with Gasteiger partial charge in [-0.05, 0) is 31.8 Å². The van der Waals surface area contributed by atoms with Crippen molar-refractivity contribution in [3.05, 3.63) is 18.7 Å². The van der Waals surface area contributed by atoms with Crippen molar-refractivity contribution in [2.75, 3.05) is 19.6 Å². The second kappa shape index (κ2) is 6.54. The molecular weight excluding hydrogens is 228 g/mol. The standard InChI is InChI=1S/C13H22N4O/c1-11(12-8-15-9-12)13(18)16-4-2-3-6-17-7-5-14-10-17/h5,7,10-12,15H,2-4,6,8-9H2,1H3,(H,16,18). The number of amides is 1. The SMILES string of the molecule is CC(C(=O)NCCCCn1ccnc1)C1CNC1. The number of hydrogen-bond donors (Lipinski definition) is 2. The molecule has 1 aliphatic heterocycles. The summed E-state index contributed by atoms with van der Waals surface area (Å²) in [7, 11) is 0. The lowest BCUT2D eigenvalue weighted by Crippen LogP contribution is -2.49. The second-order valence-electron chi connectivity index (χ2n) is 5.01. The van der Waals surface area contributed by atoms with E-state index in [4.69, 9.17) is 0 Å². The van der Waals surface area contributed by atoms with Gasteiger partial charge in [0, 0.05) is 31.4 Å². The van der Waals surface area contributed by atoms with E-state index in [0.29, 0.717) is 5.92 Å². The Balaban J connectivity index is 1.53. The molecule has 5 heteroatoms. The normalized spacial score (nSPS) is 17.2. The molecule has 5 nitrogen and oxygen atoms in total. The molecule has 1 aromatic rings. The van der Waals surface area contributed by atoms with Crippen LogP contribution in [0.3, 0.4) is 0 Å². The van der Waals surface area contributed by atoms with Crippen LogP contribution in [0.5, 0.6) is 0 Å². The summed E-state index contributed by atoms with van der Waals surface area (Å²) in [6, 6.07) is 0. The van der Waals surface area contributed by atoms with Gasteiger partial charge in [0.25, 0.3) is 0 Å². The van der Waals surface area contributed by atoms with Crippen molar-refractivity contribution in [3.8, 4) is 0 Å². The van der Waals surface area contributed by atoms with Crippen molar-refractivity contribution < 1.29 is 4.79 Å². The van der Waals surface area contributed by atoms with Crippen LogP contribution in [0.4, 0.5) is 0 Å². The van der Waals surface area contributed by atoms with E-state index in [-0.39, 0.29) is 11.8 Å². The third-order valence-electron chi connectivity index (χ3n) is 3.64. The lowest BCUT2D eigenvalue weighted by atomic mass is 9.88. The molecular formula is C13H22N4O. The van der Waals surface area contributed by atoms with Gasteiger partial charge < -0.3 is 15.2 Å². The maximum Gasteiger partial charge on any atom is 0.223 e. The first-order valence-corrected chi connectivity index (χ1v) is 6.71. The molecule has 0 bridgehead atoms. The van der Waals surface area contributed by atoms with E-state index in [1.165, 1.54) is 0 Å². The quantitative estimate of drug-likeness (QED) is 0.698. The fourth-order valence-electron chi connectivity index (χ4n) is 2.09. The van der Waals surface area contributed by atoms with Crippen molar-refractivity contribution in [1.29, 1.82) is 0 Å². The van der Waals surface area contributed by atoms with Gasteiger partial charge >= 0.3 is 0 Å². The van der Waals surface area contributed by atoms with Crippen LogP contribution in [0.25, 0.3) is 0 Å². The van der Waals surface area contributed by atoms with Gasteiger partial charge in [0.05, 0.1) is 6.33 Å². The third kappa shape index (κ3) is 3.57. The Bertz CT molecular complexity index is 359. The number of carbonyl (C=O) groups excluding carboxylic acids is 1. The molecule has 18 heavy (non-hydrogen) atoms. The Labute approximate surface area is 108 Å². The Hall–Kier alpha value is -1.36. The van der Waals surface area contributed by atoms with Crippen LogP contribution in [-0.2, 0) is 11.3 Å². The average molecular weight is 250 g/mol. The molecule has 2 N–H and O–H groups in total. The molecule has 1 amide bonds. The predicted molar refractivity (Wildman–Crippen MR) is 70.0 cm³/mol. The zero-order chi connectivity index (χ0) is 12.8. The molecule has 1 fully saturated rings. The molecule has 1 atom stereocenters. The second-order valence-corrected chi connectivity index (χ2v) is 5.01. The van der Waals surface area contributed by atoms with E-state index in [9.17, 15) is 4.79 Å². The number of unbranched alkanes of at least 4 members (excludes halogenated alkanes) is 1. The highest BCUT2D eigenvalue weighted by Crippen LogP contribution is 2.15. The maximum absolute atomic E-state index is 11.8. The number of aromatic nitrogens is 2. The highest BCUT2D eigenvalue weighted by Gasteiger charge is 2.28. The van der Waals surface area contributed by atoms with Crippen LogP contribution >= 0.6 is 0 Å². The first-order chi connectivity index (χ1) is 8.77.